The van der Waals surface area contributed by atoms with Crippen LogP contribution in [0.4, 0.5) is 16.2 Å². The number of nitrogens with zero attached hydrogens (tertiary/aromatic N) is 1. The summed E-state index contributed by atoms with van der Waals surface area (Å²) >= 11 is 0. The first-order chi connectivity index (χ1) is 9.23. The Kier molecular flexibility index (Phi) is 3.46. The molecule has 1 aromatic rings. The normalized spacial score (nSPS) is 16.3. The maximum absolute atomic E-state index is 12.2. The van der Waals surface area contributed by atoms with Crippen molar-refractivity contribution in [2.24, 2.45) is 0 Å². The van der Waals surface area contributed by atoms with Crippen molar-refractivity contribution in [3.05, 3.63) is 23.8 Å². The van der Waals surface area contributed by atoms with Crippen molar-refractivity contribution in [3.63, 3.8) is 0 Å². The van der Waals surface area contributed by atoms with E-state index in [1.54, 1.807) is 11.9 Å². The molecule has 0 aromatic heterocycles. The van der Waals surface area contributed by atoms with Crippen LogP contribution in [0, 0.1) is 0 Å². The summed E-state index contributed by atoms with van der Waals surface area (Å²) in [7, 11) is 1.77. The highest BCUT2D eigenvalue weighted by Crippen LogP contribution is 2.41. The molecule has 1 aromatic carbocycles. The average Bonchev–Trinajstić information content (AvgIpc) is 2.50. The molecule has 0 radical (unpaired) electrons. The Hall–Kier alpha value is -2.04. The summed E-state index contributed by atoms with van der Waals surface area (Å²) in [6.07, 6.45) is 0. The molecule has 5 nitrogen and oxygen atoms in total. The van der Waals surface area contributed by atoms with Crippen LogP contribution in [0.3, 0.4) is 0 Å². The Labute approximate surface area is 119 Å². The van der Waals surface area contributed by atoms with E-state index < -0.39 is 5.41 Å². The van der Waals surface area contributed by atoms with Crippen LogP contribution in [0.15, 0.2) is 18.2 Å². The minimum Gasteiger partial charge on any atom is -0.336 e. The fraction of sp³-hybridized carbons (Fsp3) is 0.467. The van der Waals surface area contributed by atoms with E-state index >= 15 is 0 Å². The van der Waals surface area contributed by atoms with Crippen LogP contribution < -0.4 is 15.5 Å². The second kappa shape index (κ2) is 4.81. The average molecular weight is 275 g/mol. The van der Waals surface area contributed by atoms with Gasteiger partial charge in [-0.05, 0) is 51.5 Å². The Morgan fingerprint density at radius 2 is 1.95 bits per heavy atom. The Bertz CT molecular complexity index is 564. The molecular formula is C15H21N3O2. The minimum absolute atomic E-state index is 0.0660. The van der Waals surface area contributed by atoms with Gasteiger partial charge < -0.3 is 15.5 Å². The summed E-state index contributed by atoms with van der Waals surface area (Å²) in [5, 5.41) is 5.56. The molecule has 3 amide bonds. The number of carbonyl (C=O) groups excluding carboxylic acids is 2. The highest BCUT2D eigenvalue weighted by Gasteiger charge is 2.42. The van der Waals surface area contributed by atoms with Gasteiger partial charge in [-0.25, -0.2) is 4.79 Å². The summed E-state index contributed by atoms with van der Waals surface area (Å²) < 4.78 is 0. The lowest BCUT2D eigenvalue weighted by Crippen LogP contribution is -2.34. The molecule has 0 bridgehead atoms. The van der Waals surface area contributed by atoms with E-state index in [0.717, 1.165) is 11.3 Å². The van der Waals surface area contributed by atoms with Gasteiger partial charge in [0.1, 0.15) is 0 Å². The Morgan fingerprint density at radius 1 is 1.30 bits per heavy atom. The second-order valence-electron chi connectivity index (χ2n) is 5.97. The summed E-state index contributed by atoms with van der Waals surface area (Å²) in [5.74, 6) is 0.0660. The molecule has 1 aliphatic heterocycles. The van der Waals surface area contributed by atoms with Gasteiger partial charge in [0.15, 0.2) is 0 Å². The molecular weight excluding hydrogens is 254 g/mol. The number of hydrogen-bond acceptors (Lipinski definition) is 2. The minimum atomic E-state index is -0.559. The van der Waals surface area contributed by atoms with Gasteiger partial charge in [0, 0.05) is 24.5 Å². The number of benzene rings is 1. The predicted molar refractivity (Wildman–Crippen MR) is 80.2 cm³/mol. The van der Waals surface area contributed by atoms with Gasteiger partial charge in [0.25, 0.3) is 0 Å². The molecule has 1 aliphatic rings. The van der Waals surface area contributed by atoms with Crippen molar-refractivity contribution in [2.75, 3.05) is 17.3 Å². The maximum Gasteiger partial charge on any atom is 0.319 e. The maximum atomic E-state index is 12.2. The number of nitrogens with one attached hydrogen (secondary N) is 2. The predicted octanol–water partition coefficient (Wildman–Crippen LogP) is 2.47. The number of urea groups is 1. The first-order valence-corrected chi connectivity index (χ1v) is 6.73. The van der Waals surface area contributed by atoms with Crippen molar-refractivity contribution in [3.8, 4) is 0 Å². The van der Waals surface area contributed by atoms with E-state index in [1.807, 2.05) is 45.9 Å². The zero-order valence-corrected chi connectivity index (χ0v) is 12.6. The van der Waals surface area contributed by atoms with E-state index in [9.17, 15) is 9.59 Å². The van der Waals surface area contributed by atoms with Gasteiger partial charge in [-0.1, -0.05) is 0 Å². The molecule has 0 spiro atoms. The molecule has 1 heterocycles. The smallest absolute Gasteiger partial charge is 0.319 e. The second-order valence-corrected chi connectivity index (χ2v) is 5.97. The molecule has 5 heteroatoms. The van der Waals surface area contributed by atoms with Crippen LogP contribution in [0.5, 0.6) is 0 Å². The van der Waals surface area contributed by atoms with Crippen molar-refractivity contribution in [2.45, 2.75) is 39.2 Å². The lowest BCUT2D eigenvalue weighted by atomic mass is 9.86. The summed E-state index contributed by atoms with van der Waals surface area (Å²) in [6.45, 7) is 7.60. The molecule has 108 valence electrons. The molecule has 2 N–H and O–H groups in total. The Morgan fingerprint density at radius 3 is 2.55 bits per heavy atom. The van der Waals surface area contributed by atoms with Crippen molar-refractivity contribution >= 4 is 23.3 Å². The molecule has 0 saturated heterocycles. The SMILES string of the molecule is CC(C)NC(=O)Nc1ccc2c(c1)C(C)(C)C(=O)N2C. The fourth-order valence-corrected chi connectivity index (χ4v) is 2.48. The van der Waals surface area contributed by atoms with Crippen molar-refractivity contribution in [1.82, 2.24) is 5.32 Å². The van der Waals surface area contributed by atoms with Crippen molar-refractivity contribution in [1.29, 1.82) is 0 Å². The quantitative estimate of drug-likeness (QED) is 0.871. The van der Waals surface area contributed by atoms with Crippen LogP contribution in [-0.4, -0.2) is 25.0 Å². The zero-order chi connectivity index (χ0) is 15.1. The van der Waals surface area contributed by atoms with Crippen LogP contribution in [0.1, 0.15) is 33.3 Å². The van der Waals surface area contributed by atoms with Crippen LogP contribution in [0.2, 0.25) is 0 Å². The highest BCUT2D eigenvalue weighted by atomic mass is 16.2. The zero-order valence-electron chi connectivity index (χ0n) is 12.6. The number of hydrogen-bond donors (Lipinski definition) is 2. The van der Waals surface area contributed by atoms with Gasteiger partial charge in [0.05, 0.1) is 5.41 Å². The largest absolute Gasteiger partial charge is 0.336 e. The monoisotopic (exact) mass is 275 g/mol. The number of rotatable bonds is 2. The van der Waals surface area contributed by atoms with Gasteiger partial charge >= 0.3 is 6.03 Å². The summed E-state index contributed by atoms with van der Waals surface area (Å²) in [6, 6.07) is 5.39. The van der Waals surface area contributed by atoms with Gasteiger partial charge in [-0.2, -0.15) is 0 Å². The molecule has 0 atom stereocenters. The number of fused-ring (bicyclic) bond motifs is 1. The standard InChI is InChI=1S/C15H21N3O2/c1-9(2)16-14(20)17-10-6-7-12-11(8-10)15(3,4)13(19)18(12)5/h6-9H,1-5H3,(H2,16,17,20). The first kappa shape index (κ1) is 14.4. The number of likely N-dealkylation sites (N-methyl/N-ethyl adjacent to an activating group) is 1. The number of anilines is 2. The van der Waals surface area contributed by atoms with Crippen molar-refractivity contribution < 1.29 is 9.59 Å². The van der Waals surface area contributed by atoms with Crippen LogP contribution in [0.25, 0.3) is 0 Å². The van der Waals surface area contributed by atoms with Crippen LogP contribution >= 0.6 is 0 Å². The van der Waals surface area contributed by atoms with E-state index in [0.29, 0.717) is 5.69 Å². The lowest BCUT2D eigenvalue weighted by Gasteiger charge is -2.17. The molecule has 2 rings (SSSR count). The van der Waals surface area contributed by atoms with Gasteiger partial charge in [-0.15, -0.1) is 0 Å². The summed E-state index contributed by atoms with van der Waals surface area (Å²) in [4.78, 5) is 25.6. The van der Waals surface area contributed by atoms with E-state index in [-0.39, 0.29) is 18.0 Å². The third kappa shape index (κ3) is 2.35. The molecule has 0 unspecified atom stereocenters. The molecule has 0 fully saturated rings. The number of carbonyl (C=O) groups is 2. The Balaban J connectivity index is 2.28. The van der Waals surface area contributed by atoms with E-state index in [4.69, 9.17) is 0 Å². The lowest BCUT2D eigenvalue weighted by molar-refractivity contribution is -0.121. The topological polar surface area (TPSA) is 61.4 Å². The third-order valence-electron chi connectivity index (χ3n) is 3.55. The molecule has 0 saturated carbocycles. The van der Waals surface area contributed by atoms with E-state index in [2.05, 4.69) is 10.6 Å². The van der Waals surface area contributed by atoms with Crippen LogP contribution in [-0.2, 0) is 10.2 Å². The third-order valence-corrected chi connectivity index (χ3v) is 3.55. The first-order valence-electron chi connectivity index (χ1n) is 6.73. The van der Waals surface area contributed by atoms with E-state index in [1.165, 1.54) is 0 Å². The van der Waals surface area contributed by atoms with Gasteiger partial charge in [-0.3, -0.25) is 4.79 Å². The number of amides is 3. The summed E-state index contributed by atoms with van der Waals surface area (Å²) in [5.41, 5.74) is 1.97. The molecule has 0 aliphatic carbocycles. The fourth-order valence-electron chi connectivity index (χ4n) is 2.48. The van der Waals surface area contributed by atoms with Gasteiger partial charge in [0.2, 0.25) is 5.91 Å². The highest BCUT2D eigenvalue weighted by molar-refractivity contribution is 6.07. The molecule has 20 heavy (non-hydrogen) atoms.